The molecule has 1 amide bonds. The Bertz CT molecular complexity index is 535. The van der Waals surface area contributed by atoms with Crippen LogP contribution in [0.4, 0.5) is 5.69 Å². The lowest BCUT2D eigenvalue weighted by atomic mass is 10.0. The highest BCUT2D eigenvalue weighted by molar-refractivity contribution is 5.91. The van der Waals surface area contributed by atoms with Crippen LogP contribution in [0, 0.1) is 13.8 Å². The normalized spacial score (nSPS) is 16.8. The van der Waals surface area contributed by atoms with Gasteiger partial charge in [-0.3, -0.25) is 4.79 Å². The van der Waals surface area contributed by atoms with Gasteiger partial charge in [0.25, 0.3) is 0 Å². The molecule has 3 nitrogen and oxygen atoms in total. The molecule has 1 aliphatic rings. The maximum Gasteiger partial charge on any atom is 0.224 e. The molecular formula is C23H37NO2. The third-order valence-electron chi connectivity index (χ3n) is 5.37. The summed E-state index contributed by atoms with van der Waals surface area (Å²) in [7, 11) is 0. The summed E-state index contributed by atoms with van der Waals surface area (Å²) in [4.78, 5) is 12.1. The van der Waals surface area contributed by atoms with Crippen LogP contribution in [0.3, 0.4) is 0 Å². The van der Waals surface area contributed by atoms with Crippen molar-refractivity contribution in [2.75, 3.05) is 11.9 Å². The van der Waals surface area contributed by atoms with Crippen molar-refractivity contribution < 1.29 is 9.53 Å². The van der Waals surface area contributed by atoms with E-state index >= 15 is 0 Å². The van der Waals surface area contributed by atoms with Gasteiger partial charge in [0.15, 0.2) is 0 Å². The van der Waals surface area contributed by atoms with Crippen LogP contribution in [0.1, 0.15) is 88.2 Å². The smallest absolute Gasteiger partial charge is 0.224 e. The third-order valence-corrected chi connectivity index (χ3v) is 5.37. The van der Waals surface area contributed by atoms with Crippen LogP contribution in [-0.4, -0.2) is 18.6 Å². The Hall–Kier alpha value is -1.35. The number of ether oxygens (including phenoxy) is 1. The zero-order chi connectivity index (χ0) is 18.6. The van der Waals surface area contributed by atoms with Crippen molar-refractivity contribution in [2.45, 2.75) is 97.0 Å². The first-order valence-corrected chi connectivity index (χ1v) is 10.6. The van der Waals surface area contributed by atoms with Crippen LogP contribution < -0.4 is 5.32 Å². The lowest BCUT2D eigenvalue weighted by Crippen LogP contribution is -2.12. The Kier molecular flexibility index (Phi) is 9.76. The van der Waals surface area contributed by atoms with E-state index in [0.29, 0.717) is 12.5 Å². The van der Waals surface area contributed by atoms with Gasteiger partial charge >= 0.3 is 0 Å². The van der Waals surface area contributed by atoms with E-state index in [4.69, 9.17) is 4.74 Å². The molecule has 0 aliphatic carbocycles. The zero-order valence-corrected chi connectivity index (χ0v) is 16.8. The van der Waals surface area contributed by atoms with E-state index in [1.54, 1.807) is 0 Å². The molecule has 0 spiro atoms. The number of benzene rings is 1. The number of hydrogen-bond acceptors (Lipinski definition) is 2. The van der Waals surface area contributed by atoms with Crippen LogP contribution in [-0.2, 0) is 9.53 Å². The molecule has 1 aliphatic heterocycles. The summed E-state index contributed by atoms with van der Waals surface area (Å²) in [5.74, 6) is 0.146. The van der Waals surface area contributed by atoms with Crippen molar-refractivity contribution >= 4 is 11.6 Å². The second kappa shape index (κ2) is 12.1. The second-order valence-electron chi connectivity index (χ2n) is 7.87. The number of anilines is 1. The molecule has 146 valence electrons. The van der Waals surface area contributed by atoms with E-state index in [1.807, 2.05) is 13.0 Å². The lowest BCUT2D eigenvalue weighted by Gasteiger charge is -2.09. The van der Waals surface area contributed by atoms with Crippen molar-refractivity contribution in [3.63, 3.8) is 0 Å². The number of carbonyl (C=O) groups excluding carboxylic acids is 1. The molecule has 26 heavy (non-hydrogen) atoms. The minimum atomic E-state index is 0.146. The number of carbonyl (C=O) groups is 1. The number of rotatable bonds is 12. The summed E-state index contributed by atoms with van der Waals surface area (Å²) in [6.07, 6.45) is 15.0. The van der Waals surface area contributed by atoms with Gasteiger partial charge in [-0.15, -0.1) is 0 Å². The van der Waals surface area contributed by atoms with Crippen molar-refractivity contribution in [1.82, 2.24) is 0 Å². The van der Waals surface area contributed by atoms with E-state index in [2.05, 4.69) is 24.4 Å². The predicted molar refractivity (Wildman–Crippen MR) is 110 cm³/mol. The maximum absolute atomic E-state index is 12.1. The van der Waals surface area contributed by atoms with Crippen LogP contribution in [0.25, 0.3) is 0 Å². The first kappa shape index (κ1) is 21.0. The topological polar surface area (TPSA) is 38.3 Å². The van der Waals surface area contributed by atoms with Gasteiger partial charge in [-0.2, -0.15) is 0 Å². The van der Waals surface area contributed by atoms with Gasteiger partial charge in [0.05, 0.1) is 6.10 Å². The van der Waals surface area contributed by atoms with Crippen LogP contribution >= 0.6 is 0 Å². The predicted octanol–water partition coefficient (Wildman–Crippen LogP) is 6.32. The second-order valence-corrected chi connectivity index (χ2v) is 7.87. The average molecular weight is 360 g/mol. The van der Waals surface area contributed by atoms with E-state index in [-0.39, 0.29) is 5.91 Å². The fraction of sp³-hybridized carbons (Fsp3) is 0.696. The first-order chi connectivity index (χ1) is 12.6. The molecule has 1 atom stereocenters. The van der Waals surface area contributed by atoms with Crippen LogP contribution in [0.5, 0.6) is 0 Å². The summed E-state index contributed by atoms with van der Waals surface area (Å²) in [6.45, 7) is 5.07. The van der Waals surface area contributed by atoms with Gasteiger partial charge in [0, 0.05) is 18.7 Å². The molecule has 0 radical (unpaired) electrons. The van der Waals surface area contributed by atoms with E-state index in [0.717, 1.165) is 30.7 Å². The maximum atomic E-state index is 12.1. The number of aryl methyl sites for hydroxylation is 2. The van der Waals surface area contributed by atoms with Gasteiger partial charge in [0.1, 0.15) is 0 Å². The number of hydrogen-bond donors (Lipinski definition) is 1. The summed E-state index contributed by atoms with van der Waals surface area (Å²) in [5.41, 5.74) is 3.27. The van der Waals surface area contributed by atoms with Gasteiger partial charge in [0.2, 0.25) is 5.91 Å². The van der Waals surface area contributed by atoms with Crippen molar-refractivity contribution in [3.8, 4) is 0 Å². The standard InChI is InChI=1S/C23H37NO2/c1-19-15-16-20(2)22(18-19)24-23(25)14-10-8-6-4-3-5-7-9-12-21-13-11-17-26-21/h15-16,18,21H,3-14,17H2,1-2H3,(H,24,25)/t21-/m0/s1. The molecule has 1 heterocycles. The highest BCUT2D eigenvalue weighted by Gasteiger charge is 2.14. The van der Waals surface area contributed by atoms with Crippen LogP contribution in [0.15, 0.2) is 18.2 Å². The highest BCUT2D eigenvalue weighted by atomic mass is 16.5. The highest BCUT2D eigenvalue weighted by Crippen LogP contribution is 2.19. The minimum Gasteiger partial charge on any atom is -0.378 e. The molecule has 1 aromatic rings. The molecule has 0 bridgehead atoms. The van der Waals surface area contributed by atoms with Crippen molar-refractivity contribution in [3.05, 3.63) is 29.3 Å². The first-order valence-electron chi connectivity index (χ1n) is 10.6. The summed E-state index contributed by atoms with van der Waals surface area (Å²) in [6, 6.07) is 6.19. The monoisotopic (exact) mass is 359 g/mol. The summed E-state index contributed by atoms with van der Waals surface area (Å²) >= 11 is 0. The van der Waals surface area contributed by atoms with E-state index in [1.165, 1.54) is 63.4 Å². The van der Waals surface area contributed by atoms with Crippen LogP contribution in [0.2, 0.25) is 0 Å². The molecule has 0 aromatic heterocycles. The molecule has 1 saturated heterocycles. The summed E-state index contributed by atoms with van der Waals surface area (Å²) in [5, 5.41) is 3.05. The number of nitrogens with one attached hydrogen (secondary N) is 1. The Morgan fingerprint density at radius 2 is 1.73 bits per heavy atom. The fourth-order valence-electron chi connectivity index (χ4n) is 3.67. The molecular weight excluding hydrogens is 322 g/mol. The van der Waals surface area contributed by atoms with Gasteiger partial charge in [-0.05, 0) is 56.7 Å². The molecule has 1 aromatic carbocycles. The third kappa shape index (κ3) is 8.35. The Balaban J connectivity index is 1.41. The van der Waals surface area contributed by atoms with Gasteiger partial charge < -0.3 is 10.1 Å². The van der Waals surface area contributed by atoms with Gasteiger partial charge in [-0.25, -0.2) is 0 Å². The summed E-state index contributed by atoms with van der Waals surface area (Å²) < 4.78 is 5.66. The lowest BCUT2D eigenvalue weighted by molar-refractivity contribution is -0.116. The Morgan fingerprint density at radius 3 is 2.42 bits per heavy atom. The Labute approximate surface area is 159 Å². The number of amides is 1. The molecule has 1 N–H and O–H groups in total. The molecule has 0 saturated carbocycles. The van der Waals surface area contributed by atoms with Crippen molar-refractivity contribution in [2.24, 2.45) is 0 Å². The largest absolute Gasteiger partial charge is 0.378 e. The quantitative estimate of drug-likeness (QED) is 0.443. The Morgan fingerprint density at radius 1 is 1.04 bits per heavy atom. The zero-order valence-electron chi connectivity index (χ0n) is 16.8. The van der Waals surface area contributed by atoms with Crippen molar-refractivity contribution in [1.29, 1.82) is 0 Å². The molecule has 1 fully saturated rings. The molecule has 2 rings (SSSR count). The molecule has 0 unspecified atom stereocenters. The van der Waals surface area contributed by atoms with Gasteiger partial charge in [-0.1, -0.05) is 57.1 Å². The fourth-order valence-corrected chi connectivity index (χ4v) is 3.67. The SMILES string of the molecule is Cc1ccc(C)c(NC(=O)CCCCCCCCCC[C@H]2CCCO2)c1. The van der Waals surface area contributed by atoms with E-state index in [9.17, 15) is 4.79 Å². The number of unbranched alkanes of at least 4 members (excludes halogenated alkanes) is 7. The van der Waals surface area contributed by atoms with E-state index < -0.39 is 0 Å². The average Bonchev–Trinajstić information content (AvgIpc) is 3.13. The minimum absolute atomic E-state index is 0.146. The molecule has 3 heteroatoms.